The third kappa shape index (κ3) is 6.87. The normalized spacial score (nSPS) is 15.4. The molecule has 0 aliphatic carbocycles. The Hall–Kier alpha value is 0.490. The molecule has 6 heteroatoms. The Bertz CT molecular complexity index is 200. The summed E-state index contributed by atoms with van der Waals surface area (Å²) in [6.07, 6.45) is 0. The van der Waals surface area contributed by atoms with Gasteiger partial charge in [-0.15, -0.1) is 11.6 Å². The van der Waals surface area contributed by atoms with Gasteiger partial charge in [0.25, 0.3) is 0 Å². The van der Waals surface area contributed by atoms with Gasteiger partial charge in [0, 0.05) is 10.7 Å². The van der Waals surface area contributed by atoms with E-state index in [1.54, 1.807) is 0 Å². The first-order chi connectivity index (χ1) is 4.83. The molecular formula is C5H10Cl2O3S. The summed E-state index contributed by atoms with van der Waals surface area (Å²) >= 11 is 5.67. The zero-order valence-corrected chi connectivity index (χ0v) is 8.58. The van der Waals surface area contributed by atoms with Crippen LogP contribution in [-0.4, -0.2) is 20.4 Å². The van der Waals surface area contributed by atoms with E-state index < -0.39 is 9.33 Å². The molecule has 0 aliphatic heterocycles. The second-order valence-electron chi connectivity index (χ2n) is 2.44. The van der Waals surface area contributed by atoms with Crippen molar-refractivity contribution in [1.29, 1.82) is 0 Å². The van der Waals surface area contributed by atoms with Crippen LogP contribution in [0.15, 0.2) is 0 Å². The van der Waals surface area contributed by atoms with Gasteiger partial charge in [-0.3, -0.25) is 4.18 Å². The molecular weight excluding hydrogens is 211 g/mol. The van der Waals surface area contributed by atoms with Crippen LogP contribution in [-0.2, 0) is 13.5 Å². The van der Waals surface area contributed by atoms with Crippen molar-refractivity contribution in [3.8, 4) is 0 Å². The highest BCUT2D eigenvalue weighted by molar-refractivity contribution is 8.09. The van der Waals surface area contributed by atoms with E-state index >= 15 is 0 Å². The van der Waals surface area contributed by atoms with Gasteiger partial charge in [-0.2, -0.15) is 8.42 Å². The molecule has 3 nitrogen and oxygen atoms in total. The van der Waals surface area contributed by atoms with Crippen LogP contribution in [0.1, 0.15) is 13.8 Å². The minimum atomic E-state index is -3.86. The summed E-state index contributed by atoms with van der Waals surface area (Å²) in [7, 11) is 0.908. The third-order valence-electron chi connectivity index (χ3n) is 1.09. The largest absolute Gasteiger partial charge is 0.355 e. The Labute approximate surface area is 76.3 Å². The van der Waals surface area contributed by atoms with Crippen molar-refractivity contribution in [1.82, 2.24) is 0 Å². The average Bonchev–Trinajstić information content (AvgIpc) is 1.80. The molecule has 68 valence electrons. The summed E-state index contributed by atoms with van der Waals surface area (Å²) in [4.78, 5) is 0. The van der Waals surface area contributed by atoms with Gasteiger partial charge in [0.05, 0.1) is 12.0 Å². The molecule has 1 unspecified atom stereocenters. The summed E-state index contributed by atoms with van der Waals surface area (Å²) in [5, 5.41) is -0.330. The third-order valence-corrected chi connectivity index (χ3v) is 2.41. The Kier molecular flexibility index (Phi) is 4.70. The molecule has 0 heterocycles. The number of rotatable bonds is 4. The maximum atomic E-state index is 10.2. The van der Waals surface area contributed by atoms with E-state index in [-0.39, 0.29) is 17.9 Å². The van der Waals surface area contributed by atoms with Gasteiger partial charge >= 0.3 is 9.33 Å². The lowest BCUT2D eigenvalue weighted by Crippen LogP contribution is -2.16. The van der Waals surface area contributed by atoms with E-state index in [1.807, 2.05) is 13.8 Å². The molecule has 0 radical (unpaired) electrons. The lowest BCUT2D eigenvalue weighted by atomic mass is 10.1. The van der Waals surface area contributed by atoms with Crippen LogP contribution in [0.5, 0.6) is 0 Å². The summed E-state index contributed by atoms with van der Waals surface area (Å²) < 4.78 is 24.7. The van der Waals surface area contributed by atoms with Crippen LogP contribution < -0.4 is 0 Å². The number of alkyl halides is 1. The van der Waals surface area contributed by atoms with Gasteiger partial charge < -0.3 is 0 Å². The van der Waals surface area contributed by atoms with Crippen molar-refractivity contribution in [3.05, 3.63) is 0 Å². The van der Waals surface area contributed by atoms with Crippen molar-refractivity contribution in [3.63, 3.8) is 0 Å². The van der Waals surface area contributed by atoms with Crippen LogP contribution in [0.3, 0.4) is 0 Å². The smallest absolute Gasteiger partial charge is 0.256 e. The van der Waals surface area contributed by atoms with Crippen LogP contribution in [0.2, 0.25) is 0 Å². The van der Waals surface area contributed by atoms with Crippen molar-refractivity contribution in [2.24, 2.45) is 5.92 Å². The van der Waals surface area contributed by atoms with Crippen LogP contribution >= 0.6 is 22.3 Å². The molecule has 0 saturated heterocycles. The zero-order chi connectivity index (χ0) is 9.07. The first kappa shape index (κ1) is 11.5. The van der Waals surface area contributed by atoms with E-state index in [1.165, 1.54) is 0 Å². The van der Waals surface area contributed by atoms with Gasteiger partial charge in [-0.25, -0.2) is 0 Å². The topological polar surface area (TPSA) is 43.4 Å². The van der Waals surface area contributed by atoms with E-state index in [0.29, 0.717) is 0 Å². The molecule has 0 saturated carbocycles. The van der Waals surface area contributed by atoms with E-state index in [9.17, 15) is 8.42 Å². The lowest BCUT2D eigenvalue weighted by molar-refractivity contribution is 0.305. The van der Waals surface area contributed by atoms with Gasteiger partial charge in [0.2, 0.25) is 0 Å². The minimum absolute atomic E-state index is 0.0783. The molecule has 0 spiro atoms. The SMILES string of the molecule is CC(C)C(Cl)COS(=O)(=O)Cl. The Balaban J connectivity index is 3.72. The predicted octanol–water partition coefficient (Wildman–Crippen LogP) is 1.75. The fourth-order valence-electron chi connectivity index (χ4n) is 0.339. The first-order valence-electron chi connectivity index (χ1n) is 3.06. The van der Waals surface area contributed by atoms with Crippen molar-refractivity contribution in [2.45, 2.75) is 19.2 Å². The molecule has 0 aliphatic rings. The summed E-state index contributed by atoms with van der Waals surface area (Å²) in [5.74, 6) is 0.162. The first-order valence-corrected chi connectivity index (χ1v) is 5.73. The molecule has 0 aromatic rings. The Morgan fingerprint density at radius 3 is 2.18 bits per heavy atom. The zero-order valence-electron chi connectivity index (χ0n) is 6.25. The highest BCUT2D eigenvalue weighted by Gasteiger charge is 2.13. The maximum absolute atomic E-state index is 10.2. The summed E-state index contributed by atoms with van der Waals surface area (Å²) in [6, 6.07) is 0. The molecule has 0 amide bonds. The molecule has 0 rings (SSSR count). The molecule has 0 N–H and O–H groups in total. The van der Waals surface area contributed by atoms with Gasteiger partial charge in [0.1, 0.15) is 0 Å². The number of hydrogen-bond donors (Lipinski definition) is 0. The summed E-state index contributed by atoms with van der Waals surface area (Å²) in [5.41, 5.74) is 0. The Morgan fingerprint density at radius 2 is 1.91 bits per heavy atom. The fourth-order valence-corrected chi connectivity index (χ4v) is 0.940. The maximum Gasteiger partial charge on any atom is 0.355 e. The van der Waals surface area contributed by atoms with Crippen molar-refractivity contribution < 1.29 is 12.6 Å². The number of hydrogen-bond acceptors (Lipinski definition) is 3. The molecule has 0 aromatic carbocycles. The fraction of sp³-hybridized carbons (Fsp3) is 1.00. The summed E-state index contributed by atoms with van der Waals surface area (Å²) in [6.45, 7) is 3.65. The molecule has 0 aromatic heterocycles. The molecule has 0 bridgehead atoms. The van der Waals surface area contributed by atoms with Crippen LogP contribution in [0.4, 0.5) is 0 Å². The molecule has 11 heavy (non-hydrogen) atoms. The number of halogens is 2. The van der Waals surface area contributed by atoms with Crippen molar-refractivity contribution in [2.75, 3.05) is 6.61 Å². The highest BCUT2D eigenvalue weighted by atomic mass is 35.7. The predicted molar refractivity (Wildman–Crippen MR) is 45.2 cm³/mol. The van der Waals surface area contributed by atoms with E-state index in [4.69, 9.17) is 22.3 Å². The average molecular weight is 221 g/mol. The van der Waals surface area contributed by atoms with Gasteiger partial charge in [0.15, 0.2) is 0 Å². The minimum Gasteiger partial charge on any atom is -0.256 e. The van der Waals surface area contributed by atoms with Crippen molar-refractivity contribution >= 4 is 31.6 Å². The van der Waals surface area contributed by atoms with Gasteiger partial charge in [-0.1, -0.05) is 13.8 Å². The van der Waals surface area contributed by atoms with Gasteiger partial charge in [-0.05, 0) is 5.92 Å². The van der Waals surface area contributed by atoms with E-state index in [0.717, 1.165) is 0 Å². The lowest BCUT2D eigenvalue weighted by Gasteiger charge is -2.10. The molecule has 1 atom stereocenters. The quantitative estimate of drug-likeness (QED) is 0.536. The molecule has 0 fully saturated rings. The second-order valence-corrected chi connectivity index (χ2v) is 5.15. The monoisotopic (exact) mass is 220 g/mol. The standard InChI is InChI=1S/C5H10Cl2O3S/c1-4(2)5(6)3-10-11(7,8)9/h4-5H,3H2,1-2H3. The van der Waals surface area contributed by atoms with Crippen LogP contribution in [0.25, 0.3) is 0 Å². The Morgan fingerprint density at radius 1 is 1.45 bits per heavy atom. The highest BCUT2D eigenvalue weighted by Crippen LogP contribution is 2.11. The van der Waals surface area contributed by atoms with Crippen LogP contribution in [0, 0.1) is 5.92 Å². The van der Waals surface area contributed by atoms with E-state index in [2.05, 4.69) is 4.18 Å². The second kappa shape index (κ2) is 4.50.